The first-order valence-corrected chi connectivity index (χ1v) is 3.72. The number of aromatic nitrogens is 4. The third-order valence-electron chi connectivity index (χ3n) is 1.88. The Morgan fingerprint density at radius 2 is 2.09 bits per heavy atom. The van der Waals surface area contributed by atoms with Gasteiger partial charge >= 0.3 is 0 Å². The Labute approximate surface area is 78.1 Å². The van der Waals surface area contributed by atoms with Crippen molar-refractivity contribution in [3.8, 4) is 0 Å². The SMILES string of the molecule is C1CCc2nnnn2CC1.[Ru]. The van der Waals surface area contributed by atoms with Crippen LogP contribution in [-0.4, -0.2) is 20.2 Å². The van der Waals surface area contributed by atoms with E-state index in [1.54, 1.807) is 0 Å². The Morgan fingerprint density at radius 3 is 3.00 bits per heavy atom. The van der Waals surface area contributed by atoms with Crippen LogP contribution < -0.4 is 0 Å². The minimum absolute atomic E-state index is 0. The summed E-state index contributed by atoms with van der Waals surface area (Å²) in [4.78, 5) is 0. The largest absolute Gasteiger partial charge is 0.230 e. The molecule has 1 aromatic heterocycles. The topological polar surface area (TPSA) is 43.6 Å². The molecule has 1 aliphatic rings. The van der Waals surface area contributed by atoms with Crippen molar-refractivity contribution in [2.45, 2.75) is 32.2 Å². The molecule has 0 bridgehead atoms. The predicted octanol–water partition coefficient (Wildman–Crippen LogP) is 0.397. The Morgan fingerprint density at radius 1 is 1.18 bits per heavy atom. The predicted molar refractivity (Wildman–Crippen MR) is 35.4 cm³/mol. The maximum Gasteiger partial charge on any atom is 0.151 e. The molecule has 11 heavy (non-hydrogen) atoms. The summed E-state index contributed by atoms with van der Waals surface area (Å²) in [7, 11) is 0. The van der Waals surface area contributed by atoms with Gasteiger partial charge < -0.3 is 0 Å². The first-order chi connectivity index (χ1) is 4.97. The molecule has 0 spiro atoms. The Bertz CT molecular complexity index is 202. The molecule has 0 saturated carbocycles. The molecule has 0 atom stereocenters. The molecule has 0 aliphatic carbocycles. The van der Waals surface area contributed by atoms with Gasteiger partial charge in [-0.15, -0.1) is 5.10 Å². The minimum atomic E-state index is 0. The molecule has 0 amide bonds. The van der Waals surface area contributed by atoms with Gasteiger partial charge in [-0.2, -0.15) is 0 Å². The van der Waals surface area contributed by atoms with E-state index in [4.69, 9.17) is 0 Å². The van der Waals surface area contributed by atoms with Crippen LogP contribution in [0.25, 0.3) is 0 Å². The van der Waals surface area contributed by atoms with Crippen LogP contribution in [0.15, 0.2) is 0 Å². The third kappa shape index (κ3) is 1.83. The van der Waals surface area contributed by atoms with E-state index in [-0.39, 0.29) is 19.5 Å². The molecule has 4 nitrogen and oxygen atoms in total. The normalized spacial score (nSPS) is 16.4. The number of nitrogens with zero attached hydrogens (tertiary/aromatic N) is 4. The summed E-state index contributed by atoms with van der Waals surface area (Å²) < 4.78 is 1.91. The molecular formula is C6H10N4Ru. The van der Waals surface area contributed by atoms with Gasteiger partial charge in [-0.25, -0.2) is 4.68 Å². The van der Waals surface area contributed by atoms with E-state index in [9.17, 15) is 0 Å². The van der Waals surface area contributed by atoms with Gasteiger partial charge in [-0.1, -0.05) is 6.42 Å². The number of aryl methyl sites for hydroxylation is 2. The van der Waals surface area contributed by atoms with E-state index < -0.39 is 0 Å². The molecule has 0 aromatic carbocycles. The molecule has 1 aliphatic heterocycles. The molecule has 0 N–H and O–H groups in total. The van der Waals surface area contributed by atoms with Crippen LogP contribution in [0, 0.1) is 0 Å². The van der Waals surface area contributed by atoms with E-state index >= 15 is 0 Å². The van der Waals surface area contributed by atoms with Crippen molar-refractivity contribution < 1.29 is 19.5 Å². The summed E-state index contributed by atoms with van der Waals surface area (Å²) in [5.74, 6) is 1.05. The fourth-order valence-corrected chi connectivity index (χ4v) is 1.30. The Hall–Kier alpha value is -0.307. The van der Waals surface area contributed by atoms with Crippen LogP contribution in [0.3, 0.4) is 0 Å². The quantitative estimate of drug-likeness (QED) is 0.615. The summed E-state index contributed by atoms with van der Waals surface area (Å²) in [6, 6.07) is 0. The number of hydrogen-bond donors (Lipinski definition) is 0. The van der Waals surface area contributed by atoms with E-state index in [2.05, 4.69) is 15.5 Å². The van der Waals surface area contributed by atoms with Gasteiger partial charge in [0.25, 0.3) is 0 Å². The smallest absolute Gasteiger partial charge is 0.151 e. The molecule has 2 heterocycles. The van der Waals surface area contributed by atoms with E-state index in [0.717, 1.165) is 18.8 Å². The second kappa shape index (κ2) is 3.91. The summed E-state index contributed by atoms with van der Waals surface area (Å²) in [5.41, 5.74) is 0. The number of tetrazole rings is 1. The fourth-order valence-electron chi connectivity index (χ4n) is 1.30. The first-order valence-electron chi connectivity index (χ1n) is 3.72. The standard InChI is InChI=1S/C6H10N4.Ru/c1-2-4-6-7-8-9-10(6)5-3-1;/h1-5H2;. The monoisotopic (exact) mass is 240 g/mol. The molecule has 5 heteroatoms. The van der Waals surface area contributed by atoms with E-state index in [1.165, 1.54) is 19.3 Å². The minimum Gasteiger partial charge on any atom is -0.230 e. The van der Waals surface area contributed by atoms with E-state index in [0.29, 0.717) is 0 Å². The third-order valence-corrected chi connectivity index (χ3v) is 1.88. The zero-order valence-electron chi connectivity index (χ0n) is 6.18. The maximum absolute atomic E-state index is 3.92. The molecule has 62 valence electrons. The van der Waals surface area contributed by atoms with Crippen LogP contribution in [0.4, 0.5) is 0 Å². The van der Waals surface area contributed by atoms with Crippen molar-refractivity contribution in [1.82, 2.24) is 20.2 Å². The molecule has 1 aromatic rings. The van der Waals surface area contributed by atoms with Crippen LogP contribution in [0.1, 0.15) is 25.1 Å². The summed E-state index contributed by atoms with van der Waals surface area (Å²) in [6.07, 6.45) is 4.80. The Kier molecular flexibility index (Phi) is 3.12. The number of fused-ring (bicyclic) bond motifs is 1. The van der Waals surface area contributed by atoms with Crippen LogP contribution in [-0.2, 0) is 32.4 Å². The van der Waals surface area contributed by atoms with Crippen molar-refractivity contribution in [1.29, 1.82) is 0 Å². The second-order valence-electron chi connectivity index (χ2n) is 2.63. The van der Waals surface area contributed by atoms with Gasteiger partial charge in [0.05, 0.1) is 0 Å². The van der Waals surface area contributed by atoms with Crippen LogP contribution >= 0.6 is 0 Å². The zero-order valence-corrected chi connectivity index (χ0v) is 7.92. The van der Waals surface area contributed by atoms with Gasteiger partial charge in [0.15, 0.2) is 5.82 Å². The second-order valence-corrected chi connectivity index (χ2v) is 2.63. The zero-order chi connectivity index (χ0) is 6.81. The summed E-state index contributed by atoms with van der Waals surface area (Å²) >= 11 is 0. The van der Waals surface area contributed by atoms with Gasteiger partial charge in [-0.05, 0) is 23.3 Å². The molecule has 2 rings (SSSR count). The molecule has 0 fully saturated rings. The van der Waals surface area contributed by atoms with Gasteiger partial charge in [0, 0.05) is 32.4 Å². The Balaban J connectivity index is 0.000000605. The number of rotatable bonds is 0. The number of hydrogen-bond acceptors (Lipinski definition) is 3. The van der Waals surface area contributed by atoms with Crippen LogP contribution in [0.2, 0.25) is 0 Å². The molecule has 0 saturated heterocycles. The summed E-state index contributed by atoms with van der Waals surface area (Å²) in [6.45, 7) is 1.00. The van der Waals surface area contributed by atoms with Gasteiger partial charge in [0.1, 0.15) is 0 Å². The summed E-state index contributed by atoms with van der Waals surface area (Å²) in [5, 5.41) is 11.4. The fraction of sp³-hybridized carbons (Fsp3) is 0.833. The van der Waals surface area contributed by atoms with Crippen molar-refractivity contribution in [2.24, 2.45) is 0 Å². The average molecular weight is 239 g/mol. The van der Waals surface area contributed by atoms with Gasteiger partial charge in [0.2, 0.25) is 0 Å². The van der Waals surface area contributed by atoms with Crippen molar-refractivity contribution >= 4 is 0 Å². The van der Waals surface area contributed by atoms with Crippen molar-refractivity contribution in [3.05, 3.63) is 5.82 Å². The maximum atomic E-state index is 3.92. The van der Waals surface area contributed by atoms with Crippen molar-refractivity contribution in [3.63, 3.8) is 0 Å². The average Bonchev–Trinajstić information content (AvgIpc) is 2.28. The molecular weight excluding hydrogens is 229 g/mol. The van der Waals surface area contributed by atoms with E-state index in [1.807, 2.05) is 4.68 Å². The first kappa shape index (κ1) is 8.79. The van der Waals surface area contributed by atoms with Gasteiger partial charge in [-0.3, -0.25) is 0 Å². The molecule has 0 radical (unpaired) electrons. The molecule has 0 unspecified atom stereocenters. The van der Waals surface area contributed by atoms with Crippen molar-refractivity contribution in [2.75, 3.05) is 0 Å². The van der Waals surface area contributed by atoms with Crippen LogP contribution in [0.5, 0.6) is 0 Å².